The molecule has 4 rings (SSSR count). The summed E-state index contributed by atoms with van der Waals surface area (Å²) in [5.41, 5.74) is 0.151. The Bertz CT molecular complexity index is 995. The summed E-state index contributed by atoms with van der Waals surface area (Å²) in [6.45, 7) is 3.80. The van der Waals surface area contributed by atoms with Gasteiger partial charge in [0.1, 0.15) is 28.8 Å². The lowest BCUT2D eigenvalue weighted by atomic mass is 10.0. The van der Waals surface area contributed by atoms with Gasteiger partial charge in [-0.15, -0.1) is 0 Å². The number of benzene rings is 1. The average molecular weight is 389 g/mol. The van der Waals surface area contributed by atoms with Crippen molar-refractivity contribution in [2.75, 3.05) is 23.3 Å². The SMILES string of the molecule is CC(C)(F)CNc1cnn2ccc(N3CCCC3c3cc(F)ccc3F)nc12. The number of nitrogens with zero attached hydrogens (tertiary/aromatic N) is 4. The molecule has 5 nitrogen and oxygen atoms in total. The van der Waals surface area contributed by atoms with Crippen LogP contribution in [-0.4, -0.2) is 33.4 Å². The van der Waals surface area contributed by atoms with Gasteiger partial charge in [0.05, 0.1) is 12.2 Å². The second-order valence-electron chi connectivity index (χ2n) is 7.70. The minimum absolute atomic E-state index is 0.126. The summed E-state index contributed by atoms with van der Waals surface area (Å²) >= 11 is 0. The molecule has 1 aliphatic heterocycles. The van der Waals surface area contributed by atoms with Crippen LogP contribution < -0.4 is 10.2 Å². The normalized spacial score (nSPS) is 17.5. The van der Waals surface area contributed by atoms with Crippen molar-refractivity contribution in [2.45, 2.75) is 38.4 Å². The van der Waals surface area contributed by atoms with Crippen LogP contribution >= 0.6 is 0 Å². The van der Waals surface area contributed by atoms with Gasteiger partial charge in [0.15, 0.2) is 5.65 Å². The van der Waals surface area contributed by atoms with Crippen molar-refractivity contribution in [3.05, 3.63) is 53.9 Å². The van der Waals surface area contributed by atoms with Crippen molar-refractivity contribution < 1.29 is 13.2 Å². The van der Waals surface area contributed by atoms with E-state index in [0.29, 0.717) is 35.7 Å². The van der Waals surface area contributed by atoms with Gasteiger partial charge in [-0.3, -0.25) is 0 Å². The first-order valence-corrected chi connectivity index (χ1v) is 9.30. The molecular weight excluding hydrogens is 367 g/mol. The Morgan fingerprint density at radius 3 is 2.86 bits per heavy atom. The van der Waals surface area contributed by atoms with E-state index in [0.717, 1.165) is 18.6 Å². The van der Waals surface area contributed by atoms with Crippen LogP contribution in [0.3, 0.4) is 0 Å². The van der Waals surface area contributed by atoms with Crippen LogP contribution in [0.4, 0.5) is 24.7 Å². The molecule has 0 radical (unpaired) electrons. The zero-order valence-corrected chi connectivity index (χ0v) is 15.8. The van der Waals surface area contributed by atoms with E-state index in [9.17, 15) is 13.2 Å². The summed E-state index contributed by atoms with van der Waals surface area (Å²) < 4.78 is 43.4. The van der Waals surface area contributed by atoms with Gasteiger partial charge in [-0.1, -0.05) is 0 Å². The Balaban J connectivity index is 1.67. The topological polar surface area (TPSA) is 45.5 Å². The van der Waals surface area contributed by atoms with Crippen LogP contribution in [0.25, 0.3) is 5.65 Å². The molecule has 28 heavy (non-hydrogen) atoms. The highest BCUT2D eigenvalue weighted by Gasteiger charge is 2.30. The maximum atomic E-state index is 14.3. The number of anilines is 2. The summed E-state index contributed by atoms with van der Waals surface area (Å²) in [5, 5.41) is 7.27. The second kappa shape index (κ2) is 7.00. The lowest BCUT2D eigenvalue weighted by molar-refractivity contribution is 0.235. The molecule has 1 saturated heterocycles. The largest absolute Gasteiger partial charge is 0.377 e. The van der Waals surface area contributed by atoms with E-state index < -0.39 is 17.3 Å². The number of rotatable bonds is 5. The fourth-order valence-corrected chi connectivity index (χ4v) is 3.58. The third kappa shape index (κ3) is 3.63. The first-order valence-electron chi connectivity index (χ1n) is 9.30. The van der Waals surface area contributed by atoms with Gasteiger partial charge in [-0.2, -0.15) is 5.10 Å². The van der Waals surface area contributed by atoms with Gasteiger partial charge in [-0.05, 0) is 51.0 Å². The minimum Gasteiger partial charge on any atom is -0.377 e. The second-order valence-corrected chi connectivity index (χ2v) is 7.70. The van der Waals surface area contributed by atoms with Gasteiger partial charge in [0.25, 0.3) is 0 Å². The van der Waals surface area contributed by atoms with E-state index >= 15 is 0 Å². The van der Waals surface area contributed by atoms with Crippen molar-refractivity contribution in [3.63, 3.8) is 0 Å². The average Bonchev–Trinajstić information content (AvgIpc) is 3.27. The molecule has 0 bridgehead atoms. The molecule has 0 amide bonds. The van der Waals surface area contributed by atoms with Crippen molar-refractivity contribution in [1.82, 2.24) is 14.6 Å². The van der Waals surface area contributed by atoms with E-state index in [1.165, 1.54) is 19.9 Å². The lowest BCUT2D eigenvalue weighted by Crippen LogP contribution is -2.25. The molecule has 1 unspecified atom stereocenters. The van der Waals surface area contributed by atoms with Gasteiger partial charge >= 0.3 is 0 Å². The molecule has 1 N–H and O–H groups in total. The van der Waals surface area contributed by atoms with Crippen LogP contribution in [0.2, 0.25) is 0 Å². The molecule has 0 aliphatic carbocycles. The predicted octanol–water partition coefficient (Wildman–Crippen LogP) is 4.51. The number of alkyl halides is 1. The third-order valence-corrected chi connectivity index (χ3v) is 4.92. The van der Waals surface area contributed by atoms with Crippen molar-refractivity contribution in [3.8, 4) is 0 Å². The number of aromatic nitrogens is 3. The lowest BCUT2D eigenvalue weighted by Gasteiger charge is -2.26. The molecule has 148 valence electrons. The molecule has 3 aromatic rings. The number of halogens is 3. The van der Waals surface area contributed by atoms with Crippen molar-refractivity contribution in [2.24, 2.45) is 0 Å². The molecule has 0 spiro atoms. The van der Waals surface area contributed by atoms with Crippen LogP contribution in [0.5, 0.6) is 0 Å². The zero-order valence-electron chi connectivity index (χ0n) is 15.8. The van der Waals surface area contributed by atoms with Gasteiger partial charge < -0.3 is 10.2 Å². The molecule has 1 aliphatic rings. The van der Waals surface area contributed by atoms with E-state index in [-0.39, 0.29) is 12.6 Å². The summed E-state index contributed by atoms with van der Waals surface area (Å²) in [7, 11) is 0. The summed E-state index contributed by atoms with van der Waals surface area (Å²) in [6.07, 6.45) is 4.94. The third-order valence-electron chi connectivity index (χ3n) is 4.92. The van der Waals surface area contributed by atoms with Crippen LogP contribution in [-0.2, 0) is 0 Å². The molecule has 8 heteroatoms. The molecule has 0 saturated carbocycles. The Kier molecular flexibility index (Phi) is 4.64. The summed E-state index contributed by atoms with van der Waals surface area (Å²) in [6, 6.07) is 5.06. The van der Waals surface area contributed by atoms with E-state index in [4.69, 9.17) is 0 Å². The van der Waals surface area contributed by atoms with Gasteiger partial charge in [0, 0.05) is 24.8 Å². The van der Waals surface area contributed by atoms with Gasteiger partial charge in [-0.25, -0.2) is 22.7 Å². The highest BCUT2D eigenvalue weighted by molar-refractivity contribution is 5.68. The first kappa shape index (κ1) is 18.6. The summed E-state index contributed by atoms with van der Waals surface area (Å²) in [5.74, 6) is -0.222. The van der Waals surface area contributed by atoms with E-state index in [1.54, 1.807) is 23.0 Å². The molecular formula is C20H22F3N5. The Hall–Kier alpha value is -2.77. The Morgan fingerprint density at radius 2 is 2.07 bits per heavy atom. The van der Waals surface area contributed by atoms with Crippen LogP contribution in [0.15, 0.2) is 36.7 Å². The van der Waals surface area contributed by atoms with Crippen LogP contribution in [0, 0.1) is 11.6 Å². The number of fused-ring (bicyclic) bond motifs is 1. The number of nitrogens with one attached hydrogen (secondary N) is 1. The molecule has 1 fully saturated rings. The van der Waals surface area contributed by atoms with E-state index in [2.05, 4.69) is 15.4 Å². The number of hydrogen-bond acceptors (Lipinski definition) is 4. The monoisotopic (exact) mass is 389 g/mol. The smallest absolute Gasteiger partial charge is 0.180 e. The fourth-order valence-electron chi connectivity index (χ4n) is 3.58. The first-order chi connectivity index (χ1) is 13.3. The molecule has 3 heterocycles. The maximum Gasteiger partial charge on any atom is 0.180 e. The van der Waals surface area contributed by atoms with Crippen molar-refractivity contribution in [1.29, 1.82) is 0 Å². The molecule has 1 aromatic carbocycles. The maximum absolute atomic E-state index is 14.3. The Morgan fingerprint density at radius 1 is 1.25 bits per heavy atom. The van der Waals surface area contributed by atoms with E-state index in [1.807, 2.05) is 4.90 Å². The molecule has 1 atom stereocenters. The quantitative estimate of drug-likeness (QED) is 0.698. The standard InChI is InChI=1S/C20H22F3N5/c1-20(2,23)12-24-16-11-25-28-9-7-18(26-19(16)28)27-8-3-4-17(27)14-10-13(21)5-6-15(14)22/h5-7,9-11,17,24H,3-4,8,12H2,1-2H3. The Labute approximate surface area is 161 Å². The van der Waals surface area contributed by atoms with Crippen molar-refractivity contribution >= 4 is 17.2 Å². The fraction of sp³-hybridized carbons (Fsp3) is 0.400. The highest BCUT2D eigenvalue weighted by Crippen LogP contribution is 2.37. The van der Waals surface area contributed by atoms with Gasteiger partial charge in [0.2, 0.25) is 0 Å². The molecule has 2 aromatic heterocycles. The highest BCUT2D eigenvalue weighted by atomic mass is 19.1. The zero-order chi connectivity index (χ0) is 19.9. The number of hydrogen-bond donors (Lipinski definition) is 1. The minimum atomic E-state index is -1.37. The van der Waals surface area contributed by atoms with Crippen LogP contribution in [0.1, 0.15) is 38.3 Å². The predicted molar refractivity (Wildman–Crippen MR) is 102 cm³/mol. The summed E-state index contributed by atoms with van der Waals surface area (Å²) in [4.78, 5) is 6.65.